The molecule has 7 heteroatoms. The number of thioether (sulfide) groups is 1. The third-order valence-corrected chi connectivity index (χ3v) is 3.39. The Balaban J connectivity index is 2.17. The van der Waals surface area contributed by atoms with E-state index in [1.54, 1.807) is 18.0 Å². The molecule has 2 aromatic rings. The van der Waals surface area contributed by atoms with Crippen molar-refractivity contribution in [3.63, 3.8) is 0 Å². The summed E-state index contributed by atoms with van der Waals surface area (Å²) in [7, 11) is 0. The predicted molar refractivity (Wildman–Crippen MR) is 78.8 cm³/mol. The van der Waals surface area contributed by atoms with E-state index in [1.807, 2.05) is 36.4 Å². The van der Waals surface area contributed by atoms with Gasteiger partial charge < -0.3 is 5.32 Å². The highest BCUT2D eigenvalue weighted by molar-refractivity contribution is 7.99. The maximum Gasteiger partial charge on any atom is 0.216 e. The molecule has 1 aromatic carbocycles. The highest BCUT2D eigenvalue weighted by Gasteiger charge is 2.06. The highest BCUT2D eigenvalue weighted by Crippen LogP contribution is 2.27. The standard InChI is InChI=1S/C13H12N6S/c1-2-7-20-12-6-4-3-5-11(12)15-9-10(8-14)13-16-18-19-17-13/h2-6,9,15H,1,7H2,(H,16,17,18,19). The van der Waals surface area contributed by atoms with E-state index in [4.69, 9.17) is 5.26 Å². The summed E-state index contributed by atoms with van der Waals surface area (Å²) in [5, 5.41) is 25.5. The van der Waals surface area contributed by atoms with E-state index in [0.29, 0.717) is 5.57 Å². The van der Waals surface area contributed by atoms with E-state index >= 15 is 0 Å². The molecular formula is C13H12N6S. The lowest BCUT2D eigenvalue weighted by atomic mass is 10.3. The van der Waals surface area contributed by atoms with Crippen LogP contribution in [-0.4, -0.2) is 26.4 Å². The van der Waals surface area contributed by atoms with Gasteiger partial charge in [0.15, 0.2) is 0 Å². The molecule has 0 fully saturated rings. The van der Waals surface area contributed by atoms with Crippen molar-refractivity contribution in [2.24, 2.45) is 0 Å². The molecule has 0 atom stereocenters. The van der Waals surface area contributed by atoms with Crippen LogP contribution in [0.15, 0.2) is 48.0 Å². The molecule has 0 unspecified atom stereocenters. The first-order valence-electron chi connectivity index (χ1n) is 5.78. The van der Waals surface area contributed by atoms with Gasteiger partial charge in [-0.05, 0) is 17.3 Å². The van der Waals surface area contributed by atoms with Gasteiger partial charge in [-0.15, -0.1) is 28.5 Å². The number of rotatable bonds is 6. The summed E-state index contributed by atoms with van der Waals surface area (Å²) < 4.78 is 0. The second-order valence-corrected chi connectivity index (χ2v) is 4.71. The summed E-state index contributed by atoms with van der Waals surface area (Å²) in [5.41, 5.74) is 1.22. The SMILES string of the molecule is C=CCSc1ccccc1NC=C(C#N)c1nn[nH]n1. The molecule has 0 aliphatic heterocycles. The van der Waals surface area contributed by atoms with Crippen molar-refractivity contribution in [1.29, 1.82) is 5.26 Å². The van der Waals surface area contributed by atoms with Crippen molar-refractivity contribution in [3.05, 3.63) is 48.9 Å². The minimum Gasteiger partial charge on any atom is -0.359 e. The minimum atomic E-state index is 0.260. The zero-order chi connectivity index (χ0) is 14.2. The predicted octanol–water partition coefficient (Wildman–Crippen LogP) is 2.45. The summed E-state index contributed by atoms with van der Waals surface area (Å²) in [6.45, 7) is 3.70. The number of anilines is 1. The van der Waals surface area contributed by atoms with Crippen LogP contribution in [-0.2, 0) is 0 Å². The molecule has 20 heavy (non-hydrogen) atoms. The van der Waals surface area contributed by atoms with Crippen LogP contribution in [0.4, 0.5) is 5.69 Å². The average Bonchev–Trinajstić information content (AvgIpc) is 3.01. The molecule has 0 bridgehead atoms. The fourth-order valence-corrected chi connectivity index (χ4v) is 2.19. The first-order valence-corrected chi connectivity index (χ1v) is 6.77. The maximum atomic E-state index is 9.09. The van der Waals surface area contributed by atoms with Gasteiger partial charge in [-0.25, -0.2) is 0 Å². The quantitative estimate of drug-likeness (QED) is 0.481. The number of benzene rings is 1. The van der Waals surface area contributed by atoms with E-state index in [9.17, 15) is 0 Å². The van der Waals surface area contributed by atoms with Crippen molar-refractivity contribution in [1.82, 2.24) is 20.6 Å². The topological polar surface area (TPSA) is 90.3 Å². The monoisotopic (exact) mass is 284 g/mol. The number of aromatic nitrogens is 4. The van der Waals surface area contributed by atoms with E-state index < -0.39 is 0 Å². The zero-order valence-corrected chi connectivity index (χ0v) is 11.4. The summed E-state index contributed by atoms with van der Waals surface area (Å²) in [5.74, 6) is 1.08. The van der Waals surface area contributed by atoms with Crippen LogP contribution in [0.5, 0.6) is 0 Å². The summed E-state index contributed by atoms with van der Waals surface area (Å²) >= 11 is 1.66. The van der Waals surface area contributed by atoms with Crippen molar-refractivity contribution >= 4 is 23.0 Å². The van der Waals surface area contributed by atoms with Crippen molar-refractivity contribution in [3.8, 4) is 6.07 Å². The first-order chi connectivity index (χ1) is 9.85. The van der Waals surface area contributed by atoms with Crippen LogP contribution in [0.2, 0.25) is 0 Å². The fraction of sp³-hybridized carbons (Fsp3) is 0.0769. The number of nitriles is 1. The lowest BCUT2D eigenvalue weighted by Gasteiger charge is -2.07. The van der Waals surface area contributed by atoms with Gasteiger partial charge in [0.25, 0.3) is 0 Å². The van der Waals surface area contributed by atoms with Gasteiger partial charge in [-0.1, -0.05) is 18.2 Å². The average molecular weight is 284 g/mol. The Labute approximate surface area is 120 Å². The Morgan fingerprint density at radius 3 is 3.05 bits per heavy atom. The van der Waals surface area contributed by atoms with Gasteiger partial charge in [0.1, 0.15) is 11.6 Å². The van der Waals surface area contributed by atoms with Crippen molar-refractivity contribution in [2.45, 2.75) is 4.90 Å². The number of H-pyrrole nitrogens is 1. The zero-order valence-electron chi connectivity index (χ0n) is 10.6. The molecule has 6 nitrogen and oxygen atoms in total. The third kappa shape index (κ3) is 3.46. The van der Waals surface area contributed by atoms with E-state index in [1.165, 1.54) is 0 Å². The van der Waals surface area contributed by atoms with Crippen LogP contribution < -0.4 is 5.32 Å². The summed E-state index contributed by atoms with van der Waals surface area (Å²) in [4.78, 5) is 1.08. The van der Waals surface area contributed by atoms with Gasteiger partial charge in [-0.2, -0.15) is 10.5 Å². The number of para-hydroxylation sites is 1. The first kappa shape index (κ1) is 13.8. The Hall–Kier alpha value is -2.59. The molecular weight excluding hydrogens is 272 g/mol. The molecule has 0 saturated carbocycles. The van der Waals surface area contributed by atoms with Crippen molar-refractivity contribution in [2.75, 3.05) is 11.1 Å². The van der Waals surface area contributed by atoms with E-state index in [0.717, 1.165) is 16.3 Å². The number of hydrogen-bond acceptors (Lipinski definition) is 6. The van der Waals surface area contributed by atoms with E-state index in [-0.39, 0.29) is 5.82 Å². The van der Waals surface area contributed by atoms with Crippen LogP contribution in [0.3, 0.4) is 0 Å². The van der Waals surface area contributed by atoms with Gasteiger partial charge >= 0.3 is 0 Å². The van der Waals surface area contributed by atoms with Crippen LogP contribution >= 0.6 is 11.8 Å². The summed E-state index contributed by atoms with van der Waals surface area (Å²) in [6.07, 6.45) is 3.41. The molecule has 100 valence electrons. The number of hydrogen-bond donors (Lipinski definition) is 2. The number of tetrazole rings is 1. The van der Waals surface area contributed by atoms with Crippen LogP contribution in [0.25, 0.3) is 5.57 Å². The Bertz CT molecular complexity index is 641. The molecule has 0 amide bonds. The Kier molecular flexibility index (Phi) is 4.92. The highest BCUT2D eigenvalue weighted by atomic mass is 32.2. The van der Waals surface area contributed by atoms with E-state index in [2.05, 4.69) is 32.5 Å². The molecule has 0 aliphatic carbocycles. The Morgan fingerprint density at radius 2 is 2.35 bits per heavy atom. The van der Waals surface area contributed by atoms with Gasteiger partial charge in [-0.3, -0.25) is 0 Å². The molecule has 0 radical (unpaired) electrons. The Morgan fingerprint density at radius 1 is 1.50 bits per heavy atom. The normalized spacial score (nSPS) is 10.8. The van der Waals surface area contributed by atoms with Crippen molar-refractivity contribution < 1.29 is 0 Å². The number of nitrogens with zero attached hydrogens (tertiary/aromatic N) is 4. The maximum absolute atomic E-state index is 9.09. The van der Waals surface area contributed by atoms with Gasteiger partial charge in [0.05, 0.1) is 5.69 Å². The molecule has 1 aromatic heterocycles. The van der Waals surface area contributed by atoms with Crippen LogP contribution in [0.1, 0.15) is 5.82 Å². The van der Waals surface area contributed by atoms with Crippen LogP contribution in [0, 0.1) is 11.3 Å². The lowest BCUT2D eigenvalue weighted by Crippen LogP contribution is -1.94. The lowest BCUT2D eigenvalue weighted by molar-refractivity contribution is 0.881. The minimum absolute atomic E-state index is 0.260. The molecule has 2 N–H and O–H groups in total. The fourth-order valence-electron chi connectivity index (χ4n) is 1.43. The second kappa shape index (κ2) is 7.11. The smallest absolute Gasteiger partial charge is 0.216 e. The molecule has 1 heterocycles. The number of allylic oxidation sites excluding steroid dienone is 1. The second-order valence-electron chi connectivity index (χ2n) is 3.65. The molecule has 2 rings (SSSR count). The number of nitrogens with one attached hydrogen (secondary N) is 2. The molecule has 0 aliphatic rings. The van der Waals surface area contributed by atoms with Gasteiger partial charge in [0.2, 0.25) is 5.82 Å². The molecule has 0 saturated heterocycles. The summed E-state index contributed by atoms with van der Waals surface area (Å²) in [6, 6.07) is 9.86. The third-order valence-electron chi connectivity index (χ3n) is 2.32. The molecule has 0 spiro atoms. The number of aromatic amines is 1. The largest absolute Gasteiger partial charge is 0.359 e. The van der Waals surface area contributed by atoms with Gasteiger partial charge in [0, 0.05) is 16.8 Å².